The molecule has 0 saturated carbocycles. The number of hydrogen-bond donors (Lipinski definition) is 1. The van der Waals surface area contributed by atoms with Crippen molar-refractivity contribution in [3.05, 3.63) is 64.1 Å². The second kappa shape index (κ2) is 6.75. The van der Waals surface area contributed by atoms with Gasteiger partial charge >= 0.3 is 0 Å². The van der Waals surface area contributed by atoms with Crippen molar-refractivity contribution in [2.24, 2.45) is 0 Å². The first kappa shape index (κ1) is 15.4. The average Bonchev–Trinajstić information content (AvgIpc) is 3.08. The number of hydrogen-bond acceptors (Lipinski definition) is 4. The summed E-state index contributed by atoms with van der Waals surface area (Å²) in [5.74, 6) is -0.406. The minimum absolute atomic E-state index is 0.126. The Morgan fingerprint density at radius 1 is 1.35 bits per heavy atom. The molecule has 0 radical (unpaired) electrons. The summed E-state index contributed by atoms with van der Waals surface area (Å²) in [5, 5.41) is 4.60. The second-order valence-corrected chi connectivity index (χ2v) is 6.14. The summed E-state index contributed by atoms with van der Waals surface area (Å²) < 4.78 is 0. The van der Waals surface area contributed by atoms with Crippen LogP contribution in [0.15, 0.2) is 42.3 Å². The molecule has 0 spiro atoms. The first-order valence-corrected chi connectivity index (χ1v) is 8.27. The maximum atomic E-state index is 12.6. The highest BCUT2D eigenvalue weighted by Crippen LogP contribution is 2.21. The van der Waals surface area contributed by atoms with E-state index in [9.17, 15) is 9.59 Å². The van der Waals surface area contributed by atoms with E-state index < -0.39 is 0 Å². The highest BCUT2D eigenvalue weighted by molar-refractivity contribution is 7.11. The van der Waals surface area contributed by atoms with E-state index in [1.807, 2.05) is 18.2 Å². The van der Waals surface area contributed by atoms with Crippen molar-refractivity contribution in [1.29, 1.82) is 0 Å². The molecule has 0 unspecified atom stereocenters. The van der Waals surface area contributed by atoms with Crippen LogP contribution in [0.25, 0.3) is 0 Å². The molecule has 5 nitrogen and oxygen atoms in total. The molecule has 0 bridgehead atoms. The number of carbonyl (C=O) groups excluding carboxylic acids is 2. The van der Waals surface area contributed by atoms with Crippen LogP contribution in [0.3, 0.4) is 0 Å². The third kappa shape index (κ3) is 3.32. The molecule has 1 N–H and O–H groups in total. The lowest BCUT2D eigenvalue weighted by Gasteiger charge is -2.28. The standard InChI is InChI=1S/C17H17N3O2S/c1-2-8-18-15(21)16-19-14(11-23-16)17(22)20-9-7-12-5-3-4-6-13(12)10-20/h2-6,11H,1,7-10H2,(H,18,21). The van der Waals surface area contributed by atoms with Gasteiger partial charge in [-0.3, -0.25) is 9.59 Å². The van der Waals surface area contributed by atoms with Crippen molar-refractivity contribution in [3.63, 3.8) is 0 Å². The van der Waals surface area contributed by atoms with Crippen LogP contribution in [0, 0.1) is 0 Å². The van der Waals surface area contributed by atoms with Crippen LogP contribution in [0.1, 0.15) is 31.4 Å². The summed E-state index contributed by atoms with van der Waals surface area (Å²) in [6.07, 6.45) is 2.45. The number of nitrogens with zero attached hydrogens (tertiary/aromatic N) is 2. The molecule has 1 aromatic carbocycles. The molecule has 6 heteroatoms. The topological polar surface area (TPSA) is 62.3 Å². The molecule has 1 aliphatic heterocycles. The van der Waals surface area contributed by atoms with Crippen LogP contribution in [0.2, 0.25) is 0 Å². The van der Waals surface area contributed by atoms with Gasteiger partial charge in [0.25, 0.3) is 11.8 Å². The van der Waals surface area contributed by atoms with Gasteiger partial charge in [0.15, 0.2) is 5.01 Å². The van der Waals surface area contributed by atoms with Crippen LogP contribution in [-0.4, -0.2) is 34.8 Å². The van der Waals surface area contributed by atoms with Gasteiger partial charge in [0.1, 0.15) is 5.69 Å². The Morgan fingerprint density at radius 3 is 2.91 bits per heavy atom. The predicted octanol–water partition coefficient (Wildman–Crippen LogP) is 2.26. The van der Waals surface area contributed by atoms with Gasteiger partial charge in [-0.05, 0) is 17.5 Å². The minimum Gasteiger partial charge on any atom is -0.347 e. The zero-order chi connectivity index (χ0) is 16.2. The summed E-state index contributed by atoms with van der Waals surface area (Å²) in [5.41, 5.74) is 2.80. The number of amides is 2. The molecule has 1 aliphatic rings. The monoisotopic (exact) mass is 327 g/mol. The molecule has 2 heterocycles. The zero-order valence-electron chi connectivity index (χ0n) is 12.6. The molecule has 3 rings (SSSR count). The van der Waals surface area contributed by atoms with Gasteiger partial charge < -0.3 is 10.2 Å². The highest BCUT2D eigenvalue weighted by atomic mass is 32.1. The van der Waals surface area contributed by atoms with E-state index in [1.165, 1.54) is 22.5 Å². The Morgan fingerprint density at radius 2 is 2.13 bits per heavy atom. The second-order valence-electron chi connectivity index (χ2n) is 5.28. The molecule has 0 fully saturated rings. The van der Waals surface area contributed by atoms with E-state index in [4.69, 9.17) is 0 Å². The van der Waals surface area contributed by atoms with Gasteiger partial charge in [-0.25, -0.2) is 4.98 Å². The van der Waals surface area contributed by atoms with Gasteiger partial charge in [-0.2, -0.15) is 0 Å². The van der Waals surface area contributed by atoms with Crippen molar-refractivity contribution in [2.45, 2.75) is 13.0 Å². The molecule has 2 aromatic rings. The van der Waals surface area contributed by atoms with Crippen LogP contribution in [0.4, 0.5) is 0 Å². The average molecular weight is 327 g/mol. The Kier molecular flexibility index (Phi) is 4.52. The fourth-order valence-corrected chi connectivity index (χ4v) is 3.25. The molecule has 118 valence electrons. The van der Waals surface area contributed by atoms with Crippen LogP contribution < -0.4 is 5.32 Å². The highest BCUT2D eigenvalue weighted by Gasteiger charge is 2.24. The summed E-state index contributed by atoms with van der Waals surface area (Å²) in [4.78, 5) is 30.4. The Balaban J connectivity index is 1.71. The molecule has 0 saturated heterocycles. The Hall–Kier alpha value is -2.47. The summed E-state index contributed by atoms with van der Waals surface area (Å²) in [6.45, 7) is 5.19. The SMILES string of the molecule is C=CCNC(=O)c1nc(C(=O)N2CCc3ccccc3C2)cs1. The van der Waals surface area contributed by atoms with Crippen LogP contribution in [-0.2, 0) is 13.0 Å². The van der Waals surface area contributed by atoms with Crippen LogP contribution in [0.5, 0.6) is 0 Å². The molecule has 0 atom stereocenters. The third-order valence-electron chi connectivity index (χ3n) is 3.74. The van der Waals surface area contributed by atoms with Gasteiger partial charge in [-0.15, -0.1) is 17.9 Å². The molecule has 23 heavy (non-hydrogen) atoms. The van der Waals surface area contributed by atoms with Gasteiger partial charge in [0, 0.05) is 25.0 Å². The summed E-state index contributed by atoms with van der Waals surface area (Å²) in [7, 11) is 0. The fraction of sp³-hybridized carbons (Fsp3) is 0.235. The lowest BCUT2D eigenvalue weighted by Crippen LogP contribution is -2.36. The zero-order valence-corrected chi connectivity index (χ0v) is 13.4. The number of rotatable bonds is 4. The number of benzene rings is 1. The van der Waals surface area contributed by atoms with E-state index in [-0.39, 0.29) is 11.8 Å². The predicted molar refractivity (Wildman–Crippen MR) is 89.5 cm³/mol. The molecule has 0 aliphatic carbocycles. The van der Waals surface area contributed by atoms with E-state index in [0.717, 1.165) is 6.42 Å². The molecular formula is C17H17N3O2S. The van der Waals surface area contributed by atoms with E-state index in [0.29, 0.717) is 30.3 Å². The Labute approximate surface area is 138 Å². The number of carbonyl (C=O) groups is 2. The number of thiazole rings is 1. The lowest BCUT2D eigenvalue weighted by molar-refractivity contribution is 0.0729. The molecular weight excluding hydrogens is 310 g/mol. The summed E-state index contributed by atoms with van der Waals surface area (Å²) >= 11 is 1.18. The van der Waals surface area contributed by atoms with Gasteiger partial charge in [0.05, 0.1) is 0 Å². The lowest BCUT2D eigenvalue weighted by atomic mass is 10.00. The smallest absolute Gasteiger partial charge is 0.280 e. The Bertz CT molecular complexity index is 754. The van der Waals surface area contributed by atoms with Gasteiger partial charge in [0.2, 0.25) is 0 Å². The molecule has 2 amide bonds. The van der Waals surface area contributed by atoms with Crippen molar-refractivity contribution in [3.8, 4) is 0 Å². The van der Waals surface area contributed by atoms with Crippen molar-refractivity contribution < 1.29 is 9.59 Å². The summed E-state index contributed by atoms with van der Waals surface area (Å²) in [6, 6.07) is 8.15. The normalized spacial score (nSPS) is 13.3. The first-order valence-electron chi connectivity index (χ1n) is 7.39. The van der Waals surface area contributed by atoms with Crippen molar-refractivity contribution in [1.82, 2.24) is 15.2 Å². The maximum Gasteiger partial charge on any atom is 0.280 e. The van der Waals surface area contributed by atoms with Crippen molar-refractivity contribution in [2.75, 3.05) is 13.1 Å². The van der Waals surface area contributed by atoms with E-state index in [1.54, 1.807) is 16.4 Å². The van der Waals surface area contributed by atoms with Gasteiger partial charge in [-0.1, -0.05) is 30.3 Å². The fourth-order valence-electron chi connectivity index (χ4n) is 2.55. The third-order valence-corrected chi connectivity index (χ3v) is 4.58. The number of aromatic nitrogens is 1. The van der Waals surface area contributed by atoms with E-state index in [2.05, 4.69) is 22.9 Å². The maximum absolute atomic E-state index is 12.6. The minimum atomic E-state index is -0.280. The van der Waals surface area contributed by atoms with Crippen LogP contribution >= 0.6 is 11.3 Å². The largest absolute Gasteiger partial charge is 0.347 e. The molecule has 1 aromatic heterocycles. The van der Waals surface area contributed by atoms with E-state index >= 15 is 0 Å². The van der Waals surface area contributed by atoms with Crippen molar-refractivity contribution >= 4 is 23.2 Å². The quantitative estimate of drug-likeness (QED) is 0.876. The number of fused-ring (bicyclic) bond motifs is 1. The first-order chi connectivity index (χ1) is 11.2. The number of nitrogens with one attached hydrogen (secondary N) is 1.